The number of rotatable bonds is 7. The molecule has 7 nitrogen and oxygen atoms in total. The van der Waals surface area contributed by atoms with Crippen molar-refractivity contribution in [1.82, 2.24) is 9.62 Å². The van der Waals surface area contributed by atoms with Crippen LogP contribution in [0.25, 0.3) is 0 Å². The molecule has 146 valence electrons. The van der Waals surface area contributed by atoms with Crippen LogP contribution in [0.15, 0.2) is 40.6 Å². The van der Waals surface area contributed by atoms with Gasteiger partial charge in [0.25, 0.3) is 5.91 Å². The van der Waals surface area contributed by atoms with Gasteiger partial charge in [-0.25, -0.2) is 8.42 Å². The molecular formula is C18H22N2O5S2. The number of ether oxygens (including phenoxy) is 2. The van der Waals surface area contributed by atoms with Gasteiger partial charge >= 0.3 is 0 Å². The van der Waals surface area contributed by atoms with Crippen molar-refractivity contribution in [3.8, 4) is 5.75 Å². The van der Waals surface area contributed by atoms with Crippen LogP contribution >= 0.6 is 11.3 Å². The van der Waals surface area contributed by atoms with Gasteiger partial charge < -0.3 is 14.8 Å². The van der Waals surface area contributed by atoms with Gasteiger partial charge in [-0.05, 0) is 35.6 Å². The molecule has 1 saturated heterocycles. The Balaban J connectivity index is 1.63. The molecule has 1 amide bonds. The van der Waals surface area contributed by atoms with Gasteiger partial charge in [-0.3, -0.25) is 4.79 Å². The smallest absolute Gasteiger partial charge is 0.262 e. The highest BCUT2D eigenvalue weighted by Gasteiger charge is 2.31. The monoisotopic (exact) mass is 410 g/mol. The second kappa shape index (κ2) is 8.83. The van der Waals surface area contributed by atoms with Crippen molar-refractivity contribution in [2.45, 2.75) is 11.3 Å². The third-order valence-corrected chi connectivity index (χ3v) is 7.26. The Morgan fingerprint density at radius 1 is 1.22 bits per heavy atom. The van der Waals surface area contributed by atoms with E-state index in [1.54, 1.807) is 12.5 Å². The van der Waals surface area contributed by atoms with Crippen LogP contribution in [0.4, 0.5) is 0 Å². The van der Waals surface area contributed by atoms with Crippen LogP contribution in [0.1, 0.15) is 15.2 Å². The molecule has 1 aromatic carbocycles. The molecule has 1 N–H and O–H groups in total. The first kappa shape index (κ1) is 19.8. The summed E-state index contributed by atoms with van der Waals surface area (Å²) in [7, 11) is -2.08. The number of carbonyl (C=O) groups is 1. The summed E-state index contributed by atoms with van der Waals surface area (Å²) in [6.07, 6.45) is 0.645. The third kappa shape index (κ3) is 4.67. The lowest BCUT2D eigenvalue weighted by atomic mass is 10.1. The van der Waals surface area contributed by atoms with E-state index in [2.05, 4.69) is 5.32 Å². The Morgan fingerprint density at radius 3 is 2.59 bits per heavy atom. The molecule has 1 aliphatic rings. The summed E-state index contributed by atoms with van der Waals surface area (Å²) in [5.74, 6) is 0.407. The van der Waals surface area contributed by atoms with Gasteiger partial charge in [0.1, 0.15) is 15.5 Å². The van der Waals surface area contributed by atoms with E-state index >= 15 is 0 Å². The number of hydrogen-bond acceptors (Lipinski definition) is 6. The van der Waals surface area contributed by atoms with Crippen molar-refractivity contribution in [3.63, 3.8) is 0 Å². The summed E-state index contributed by atoms with van der Waals surface area (Å²) in [4.78, 5) is 12.8. The number of hydrogen-bond donors (Lipinski definition) is 1. The Kier molecular flexibility index (Phi) is 6.48. The van der Waals surface area contributed by atoms with Crippen molar-refractivity contribution < 1.29 is 22.7 Å². The minimum absolute atomic E-state index is 0.0661. The first-order valence-corrected chi connectivity index (χ1v) is 10.9. The summed E-state index contributed by atoms with van der Waals surface area (Å²) in [6.45, 7) is 1.76. The van der Waals surface area contributed by atoms with Gasteiger partial charge in [0.15, 0.2) is 0 Å². The summed E-state index contributed by atoms with van der Waals surface area (Å²) in [5.41, 5.74) is 1.06. The normalized spacial score (nSPS) is 15.4. The van der Waals surface area contributed by atoms with Gasteiger partial charge in [0.05, 0.1) is 20.3 Å². The van der Waals surface area contributed by atoms with Gasteiger partial charge in [0.2, 0.25) is 10.0 Å². The second-order valence-corrected chi connectivity index (χ2v) is 8.81. The first-order valence-electron chi connectivity index (χ1n) is 8.59. The quantitative estimate of drug-likeness (QED) is 0.752. The molecule has 0 saturated carbocycles. The fourth-order valence-electron chi connectivity index (χ4n) is 2.79. The number of methoxy groups -OCH3 is 1. The maximum absolute atomic E-state index is 12.8. The van der Waals surface area contributed by atoms with Crippen molar-refractivity contribution in [3.05, 3.63) is 46.2 Å². The van der Waals surface area contributed by atoms with Crippen molar-refractivity contribution in [2.75, 3.05) is 40.0 Å². The van der Waals surface area contributed by atoms with E-state index in [0.717, 1.165) is 22.6 Å². The molecule has 0 atom stereocenters. The number of sulfonamides is 1. The Labute approximate surface area is 163 Å². The molecule has 2 heterocycles. The molecule has 1 fully saturated rings. The molecule has 0 bridgehead atoms. The van der Waals surface area contributed by atoms with Crippen LogP contribution in [-0.2, 0) is 21.2 Å². The number of nitrogens with one attached hydrogen (secondary N) is 1. The van der Waals surface area contributed by atoms with E-state index < -0.39 is 10.0 Å². The minimum Gasteiger partial charge on any atom is -0.497 e. The zero-order valence-electron chi connectivity index (χ0n) is 15.0. The second-order valence-electron chi connectivity index (χ2n) is 5.98. The zero-order valence-corrected chi connectivity index (χ0v) is 16.6. The molecule has 2 aromatic rings. The van der Waals surface area contributed by atoms with Gasteiger partial charge in [0, 0.05) is 19.6 Å². The highest BCUT2D eigenvalue weighted by atomic mass is 32.2. The molecule has 27 heavy (non-hydrogen) atoms. The first-order chi connectivity index (χ1) is 13.0. The van der Waals surface area contributed by atoms with Crippen LogP contribution in [0.2, 0.25) is 0 Å². The average molecular weight is 411 g/mol. The molecular weight excluding hydrogens is 388 g/mol. The molecule has 0 unspecified atom stereocenters. The van der Waals surface area contributed by atoms with Gasteiger partial charge in [-0.1, -0.05) is 12.1 Å². The SMILES string of the molecule is COc1ccc(CCNC(=O)c2sccc2S(=O)(=O)N2CCOCC2)cc1. The molecule has 0 spiro atoms. The highest BCUT2D eigenvalue weighted by Crippen LogP contribution is 2.25. The largest absolute Gasteiger partial charge is 0.497 e. The molecule has 9 heteroatoms. The maximum Gasteiger partial charge on any atom is 0.262 e. The van der Waals surface area contributed by atoms with E-state index in [-0.39, 0.29) is 15.7 Å². The zero-order chi connectivity index (χ0) is 19.3. The summed E-state index contributed by atoms with van der Waals surface area (Å²) < 4.78 is 37.3. The van der Waals surface area contributed by atoms with Crippen molar-refractivity contribution in [1.29, 1.82) is 0 Å². The van der Waals surface area contributed by atoms with Crippen LogP contribution in [-0.4, -0.2) is 58.6 Å². The molecule has 3 rings (SSSR count). The molecule has 0 aliphatic carbocycles. The average Bonchev–Trinajstić information content (AvgIpc) is 3.20. The summed E-state index contributed by atoms with van der Waals surface area (Å²) >= 11 is 1.13. The lowest BCUT2D eigenvalue weighted by molar-refractivity contribution is 0.0730. The summed E-state index contributed by atoms with van der Waals surface area (Å²) in [5, 5.41) is 4.44. The third-order valence-electron chi connectivity index (χ3n) is 4.28. The topological polar surface area (TPSA) is 84.9 Å². The van der Waals surface area contributed by atoms with Crippen LogP contribution in [0, 0.1) is 0 Å². The maximum atomic E-state index is 12.8. The predicted molar refractivity (Wildman–Crippen MR) is 103 cm³/mol. The van der Waals surface area contributed by atoms with Crippen LogP contribution in [0.5, 0.6) is 5.75 Å². The van der Waals surface area contributed by atoms with E-state index in [0.29, 0.717) is 39.3 Å². The minimum atomic E-state index is -3.69. The number of morpholine rings is 1. The number of benzene rings is 1. The highest BCUT2D eigenvalue weighted by molar-refractivity contribution is 7.89. The Hall–Kier alpha value is -1.94. The number of carbonyl (C=O) groups excluding carboxylic acids is 1. The lowest BCUT2D eigenvalue weighted by Gasteiger charge is -2.26. The Bertz CT molecular complexity index is 871. The fraction of sp³-hybridized carbons (Fsp3) is 0.389. The Morgan fingerprint density at radius 2 is 1.93 bits per heavy atom. The van der Waals surface area contributed by atoms with E-state index in [9.17, 15) is 13.2 Å². The van der Waals surface area contributed by atoms with E-state index in [1.165, 1.54) is 10.4 Å². The van der Waals surface area contributed by atoms with E-state index in [4.69, 9.17) is 9.47 Å². The van der Waals surface area contributed by atoms with Crippen LogP contribution in [0.3, 0.4) is 0 Å². The molecule has 1 aromatic heterocycles. The van der Waals surface area contributed by atoms with Crippen LogP contribution < -0.4 is 10.1 Å². The predicted octanol–water partition coefficient (Wildman–Crippen LogP) is 1.75. The molecule has 1 aliphatic heterocycles. The van der Waals surface area contributed by atoms with Crippen molar-refractivity contribution in [2.24, 2.45) is 0 Å². The standard InChI is InChI=1S/C18H22N2O5S2/c1-24-15-4-2-14(3-5-15)6-8-19-18(21)17-16(7-13-26-17)27(22,23)20-9-11-25-12-10-20/h2-5,7,13H,6,8-12H2,1H3,(H,19,21). The number of nitrogens with zero attached hydrogens (tertiary/aromatic N) is 1. The van der Waals surface area contributed by atoms with Gasteiger partial charge in [-0.15, -0.1) is 11.3 Å². The lowest BCUT2D eigenvalue weighted by Crippen LogP contribution is -2.41. The molecule has 0 radical (unpaired) electrons. The van der Waals surface area contributed by atoms with Gasteiger partial charge in [-0.2, -0.15) is 4.31 Å². The van der Waals surface area contributed by atoms with Crippen molar-refractivity contribution >= 4 is 27.3 Å². The fourth-order valence-corrected chi connectivity index (χ4v) is 5.51. The van der Waals surface area contributed by atoms with E-state index in [1.807, 2.05) is 24.3 Å². The number of amides is 1. The summed E-state index contributed by atoms with van der Waals surface area (Å²) in [6, 6.07) is 9.09. The number of thiophene rings is 1.